The molecule has 0 unspecified atom stereocenters. The van der Waals surface area contributed by atoms with Crippen LogP contribution in [0, 0.1) is 13.8 Å². The molecule has 0 spiro atoms. The number of ether oxygens (including phenoxy) is 3. The van der Waals surface area contributed by atoms with Crippen molar-refractivity contribution in [1.82, 2.24) is 0 Å². The van der Waals surface area contributed by atoms with E-state index in [0.29, 0.717) is 0 Å². The van der Waals surface area contributed by atoms with Gasteiger partial charge in [-0.1, -0.05) is 31.9 Å². The Hall–Kier alpha value is -2.76. The Morgan fingerprint density at radius 3 is 1.10 bits per heavy atom. The molecule has 0 N–H and O–H groups in total. The van der Waals surface area contributed by atoms with Crippen LogP contribution in [0.5, 0.6) is 34.5 Å². The van der Waals surface area contributed by atoms with Crippen molar-refractivity contribution >= 4 is 31.9 Å². The quantitative estimate of drug-likeness (QED) is 0.244. The fourth-order valence-corrected chi connectivity index (χ4v) is 3.95. The Labute approximate surface area is 198 Å². The van der Waals surface area contributed by atoms with Crippen molar-refractivity contribution in [3.63, 3.8) is 0 Å². The molecule has 4 aromatic carbocycles. The second-order valence-electron chi connectivity index (χ2n) is 7.07. The zero-order valence-corrected chi connectivity index (χ0v) is 20.2. The van der Waals surface area contributed by atoms with E-state index in [-0.39, 0.29) is 0 Å². The van der Waals surface area contributed by atoms with E-state index in [1.807, 2.05) is 98.8 Å². The number of rotatable bonds is 6. The second-order valence-corrected chi connectivity index (χ2v) is 8.90. The van der Waals surface area contributed by atoms with Crippen LogP contribution in [-0.4, -0.2) is 0 Å². The molecule has 4 aromatic rings. The van der Waals surface area contributed by atoms with Crippen molar-refractivity contribution in [1.29, 1.82) is 0 Å². The average molecular weight is 540 g/mol. The van der Waals surface area contributed by atoms with Crippen molar-refractivity contribution in [2.45, 2.75) is 13.8 Å². The van der Waals surface area contributed by atoms with E-state index >= 15 is 0 Å². The highest BCUT2D eigenvalue weighted by Crippen LogP contribution is 2.32. The molecule has 0 aliphatic carbocycles. The molecular weight excluding hydrogens is 520 g/mol. The summed E-state index contributed by atoms with van der Waals surface area (Å²) in [5.74, 6) is 4.63. The number of aryl methyl sites for hydroxylation is 2. The lowest BCUT2D eigenvalue weighted by Gasteiger charge is -2.11. The first-order chi connectivity index (χ1) is 15.0. The minimum absolute atomic E-state index is 0.734. The lowest BCUT2D eigenvalue weighted by molar-refractivity contribution is 0.462. The normalized spacial score (nSPS) is 10.6. The molecule has 0 radical (unpaired) electrons. The largest absolute Gasteiger partial charge is 0.457 e. The average Bonchev–Trinajstić information content (AvgIpc) is 2.75. The molecule has 5 heteroatoms. The summed E-state index contributed by atoms with van der Waals surface area (Å²) in [5.41, 5.74) is 2.13. The minimum Gasteiger partial charge on any atom is -0.457 e. The molecule has 0 aromatic heterocycles. The maximum absolute atomic E-state index is 5.96. The second kappa shape index (κ2) is 9.58. The first kappa shape index (κ1) is 21.5. The van der Waals surface area contributed by atoms with Gasteiger partial charge in [0.2, 0.25) is 0 Å². The van der Waals surface area contributed by atoms with Crippen LogP contribution in [0.3, 0.4) is 0 Å². The van der Waals surface area contributed by atoms with E-state index in [2.05, 4.69) is 31.9 Å². The molecule has 3 nitrogen and oxygen atoms in total. The Morgan fingerprint density at radius 1 is 0.452 bits per heavy atom. The van der Waals surface area contributed by atoms with Crippen molar-refractivity contribution in [2.24, 2.45) is 0 Å². The van der Waals surface area contributed by atoms with Crippen molar-refractivity contribution < 1.29 is 14.2 Å². The van der Waals surface area contributed by atoms with Crippen molar-refractivity contribution in [3.8, 4) is 34.5 Å². The highest BCUT2D eigenvalue weighted by atomic mass is 79.9. The predicted molar refractivity (Wildman–Crippen MR) is 131 cm³/mol. The third kappa shape index (κ3) is 5.69. The van der Waals surface area contributed by atoms with Gasteiger partial charge in [-0.2, -0.15) is 0 Å². The van der Waals surface area contributed by atoms with E-state index in [1.54, 1.807) is 0 Å². The summed E-state index contributed by atoms with van der Waals surface area (Å²) < 4.78 is 19.9. The molecular formula is C26H20Br2O3. The maximum atomic E-state index is 5.96. The highest BCUT2D eigenvalue weighted by Gasteiger charge is 2.05. The van der Waals surface area contributed by atoms with Gasteiger partial charge in [0.15, 0.2) is 0 Å². The number of hydrogen-bond donors (Lipinski definition) is 0. The molecule has 0 saturated heterocycles. The summed E-state index contributed by atoms with van der Waals surface area (Å²) in [7, 11) is 0. The van der Waals surface area contributed by atoms with Gasteiger partial charge >= 0.3 is 0 Å². The smallest absolute Gasteiger partial charge is 0.130 e. The number of halogens is 2. The summed E-state index contributed by atoms with van der Waals surface area (Å²) >= 11 is 6.94. The minimum atomic E-state index is 0.734. The Kier molecular flexibility index (Phi) is 6.64. The van der Waals surface area contributed by atoms with E-state index in [1.165, 1.54) is 0 Å². The Bertz CT molecular complexity index is 1090. The van der Waals surface area contributed by atoms with Gasteiger partial charge < -0.3 is 14.2 Å². The molecule has 0 heterocycles. The first-order valence-electron chi connectivity index (χ1n) is 9.72. The lowest BCUT2D eigenvalue weighted by Crippen LogP contribution is -1.89. The molecule has 4 rings (SSSR count). The van der Waals surface area contributed by atoms with E-state index < -0.39 is 0 Å². The van der Waals surface area contributed by atoms with Gasteiger partial charge in [0, 0.05) is 8.95 Å². The molecule has 0 fully saturated rings. The third-order valence-corrected chi connectivity index (χ3v) is 5.60. The molecule has 0 saturated carbocycles. The standard InChI is InChI=1S/C26H20Br2O3/c1-17-15-19(27)3-13-25(17)30-23-9-5-21(6-10-23)29-22-7-11-24(12-8-22)31-26-14-4-20(28)16-18(26)2/h3-16H,1-2H3. The highest BCUT2D eigenvalue weighted by molar-refractivity contribution is 9.10. The third-order valence-electron chi connectivity index (χ3n) is 4.61. The fourth-order valence-electron chi connectivity index (χ4n) is 3.00. The first-order valence-corrected chi connectivity index (χ1v) is 11.3. The zero-order chi connectivity index (χ0) is 21.8. The van der Waals surface area contributed by atoms with E-state index in [0.717, 1.165) is 54.6 Å². The van der Waals surface area contributed by atoms with Gasteiger partial charge in [0.1, 0.15) is 34.5 Å². The van der Waals surface area contributed by atoms with Crippen molar-refractivity contribution in [2.75, 3.05) is 0 Å². The number of hydrogen-bond acceptors (Lipinski definition) is 3. The van der Waals surface area contributed by atoms with Gasteiger partial charge in [-0.3, -0.25) is 0 Å². The summed E-state index contributed by atoms with van der Waals surface area (Å²) in [5, 5.41) is 0. The molecule has 0 atom stereocenters. The van der Waals surface area contributed by atoms with Gasteiger partial charge in [-0.15, -0.1) is 0 Å². The SMILES string of the molecule is Cc1cc(Br)ccc1Oc1ccc(Oc2ccc(Oc3ccc(Br)cc3C)cc2)cc1. The molecule has 31 heavy (non-hydrogen) atoms. The van der Waals surface area contributed by atoms with Crippen LogP contribution in [0.4, 0.5) is 0 Å². The summed E-state index contributed by atoms with van der Waals surface area (Å²) in [6.07, 6.45) is 0. The molecule has 0 aliphatic rings. The Morgan fingerprint density at radius 2 is 0.774 bits per heavy atom. The van der Waals surface area contributed by atoms with Crippen LogP contribution in [0.2, 0.25) is 0 Å². The van der Waals surface area contributed by atoms with E-state index in [4.69, 9.17) is 14.2 Å². The Balaban J connectivity index is 1.39. The van der Waals surface area contributed by atoms with Crippen molar-refractivity contribution in [3.05, 3.63) is 105 Å². The van der Waals surface area contributed by atoms with E-state index in [9.17, 15) is 0 Å². The molecule has 0 bridgehead atoms. The van der Waals surface area contributed by atoms with Crippen LogP contribution in [0.25, 0.3) is 0 Å². The van der Waals surface area contributed by atoms with Crippen LogP contribution >= 0.6 is 31.9 Å². The predicted octanol–water partition coefficient (Wildman–Crippen LogP) is 9.21. The van der Waals surface area contributed by atoms with Crippen LogP contribution in [0.1, 0.15) is 11.1 Å². The van der Waals surface area contributed by atoms with Crippen LogP contribution < -0.4 is 14.2 Å². The fraction of sp³-hybridized carbons (Fsp3) is 0.0769. The van der Waals surface area contributed by atoms with Crippen LogP contribution in [0.15, 0.2) is 93.9 Å². The summed E-state index contributed by atoms with van der Waals surface area (Å²) in [4.78, 5) is 0. The van der Waals surface area contributed by atoms with Gasteiger partial charge in [-0.05, 0) is 110 Å². The molecule has 0 aliphatic heterocycles. The lowest BCUT2D eigenvalue weighted by atomic mass is 10.2. The number of benzene rings is 4. The molecule has 156 valence electrons. The van der Waals surface area contributed by atoms with Gasteiger partial charge in [0.25, 0.3) is 0 Å². The maximum Gasteiger partial charge on any atom is 0.130 e. The molecule has 0 amide bonds. The topological polar surface area (TPSA) is 27.7 Å². The monoisotopic (exact) mass is 538 g/mol. The van der Waals surface area contributed by atoms with Crippen LogP contribution in [-0.2, 0) is 0 Å². The summed E-state index contributed by atoms with van der Waals surface area (Å²) in [6.45, 7) is 4.03. The summed E-state index contributed by atoms with van der Waals surface area (Å²) in [6, 6.07) is 27.0. The van der Waals surface area contributed by atoms with Gasteiger partial charge in [-0.25, -0.2) is 0 Å². The van der Waals surface area contributed by atoms with Gasteiger partial charge in [0.05, 0.1) is 0 Å². The zero-order valence-electron chi connectivity index (χ0n) is 17.1.